The van der Waals surface area contributed by atoms with Crippen molar-refractivity contribution in [3.8, 4) is 0 Å². The first-order valence-corrected chi connectivity index (χ1v) is 11.3. The van der Waals surface area contributed by atoms with E-state index in [1.807, 2.05) is 19.2 Å². The minimum atomic E-state index is -0.778. The molecule has 0 bridgehead atoms. The molecule has 2 atom stereocenters. The number of hydrogen-bond donors (Lipinski definition) is 2. The van der Waals surface area contributed by atoms with Crippen molar-refractivity contribution in [3.63, 3.8) is 0 Å². The molecule has 2 N–H and O–H groups in total. The molecule has 3 heterocycles. The zero-order valence-corrected chi connectivity index (χ0v) is 18.7. The maximum atomic E-state index is 13.3. The van der Waals surface area contributed by atoms with E-state index in [0.29, 0.717) is 21.5 Å². The molecule has 0 spiro atoms. The van der Waals surface area contributed by atoms with Gasteiger partial charge in [0.15, 0.2) is 0 Å². The van der Waals surface area contributed by atoms with Crippen LogP contribution in [-0.4, -0.2) is 42.9 Å². The van der Waals surface area contributed by atoms with Crippen LogP contribution in [0.15, 0.2) is 59.2 Å². The van der Waals surface area contributed by atoms with E-state index in [1.165, 1.54) is 16.9 Å². The van der Waals surface area contributed by atoms with Crippen molar-refractivity contribution in [2.75, 3.05) is 20.1 Å². The standard InChI is InChI=1S/C23H24ClN3O3S/c1-27-11-10-15-5-2-3-7-17(15)19(14-27)26-22(28)18(13-16-6-4-12-30-16)25-23(29)20-8-9-21(24)31-20/h2-9,12,18-19H,10-11,13-14H2,1H3,(H,25,29)(H,26,28)/t18-,19?/m1/s1. The van der Waals surface area contributed by atoms with Crippen molar-refractivity contribution in [2.45, 2.75) is 24.9 Å². The Morgan fingerprint density at radius 1 is 1.23 bits per heavy atom. The monoisotopic (exact) mass is 457 g/mol. The summed E-state index contributed by atoms with van der Waals surface area (Å²) in [5, 5.41) is 6.01. The van der Waals surface area contributed by atoms with Gasteiger partial charge in [0.25, 0.3) is 5.91 Å². The number of nitrogens with one attached hydrogen (secondary N) is 2. The van der Waals surface area contributed by atoms with Crippen molar-refractivity contribution in [1.82, 2.24) is 15.5 Å². The molecular weight excluding hydrogens is 434 g/mol. The molecular formula is C23H24ClN3O3S. The molecule has 0 radical (unpaired) electrons. The quantitative estimate of drug-likeness (QED) is 0.592. The van der Waals surface area contributed by atoms with Crippen molar-refractivity contribution in [2.24, 2.45) is 0 Å². The van der Waals surface area contributed by atoms with Crippen molar-refractivity contribution < 1.29 is 14.0 Å². The van der Waals surface area contributed by atoms with Crippen LogP contribution >= 0.6 is 22.9 Å². The molecule has 0 fully saturated rings. The fourth-order valence-corrected chi connectivity index (χ4v) is 4.76. The molecule has 0 saturated heterocycles. The first-order valence-electron chi connectivity index (χ1n) is 10.1. The molecule has 31 heavy (non-hydrogen) atoms. The molecule has 1 aromatic carbocycles. The van der Waals surface area contributed by atoms with Crippen LogP contribution in [0.3, 0.4) is 0 Å². The Labute approximate surface area is 190 Å². The van der Waals surface area contributed by atoms with Crippen molar-refractivity contribution in [3.05, 3.63) is 80.9 Å². The van der Waals surface area contributed by atoms with E-state index < -0.39 is 6.04 Å². The molecule has 0 aliphatic carbocycles. The van der Waals surface area contributed by atoms with E-state index in [1.54, 1.807) is 30.5 Å². The predicted molar refractivity (Wildman–Crippen MR) is 122 cm³/mol. The topological polar surface area (TPSA) is 74.6 Å². The Hall–Kier alpha value is -2.61. The molecule has 2 aromatic heterocycles. The van der Waals surface area contributed by atoms with E-state index in [4.69, 9.17) is 16.0 Å². The molecule has 0 saturated carbocycles. The highest BCUT2D eigenvalue weighted by Gasteiger charge is 2.28. The van der Waals surface area contributed by atoms with Gasteiger partial charge in [-0.25, -0.2) is 0 Å². The second-order valence-corrected chi connectivity index (χ2v) is 9.40. The number of carbonyl (C=O) groups is 2. The maximum Gasteiger partial charge on any atom is 0.262 e. The summed E-state index contributed by atoms with van der Waals surface area (Å²) in [6.07, 6.45) is 2.75. The third kappa shape index (κ3) is 5.36. The van der Waals surface area contributed by atoms with Gasteiger partial charge in [0.2, 0.25) is 5.91 Å². The van der Waals surface area contributed by atoms with Crippen molar-refractivity contribution >= 4 is 34.8 Å². The highest BCUT2D eigenvalue weighted by molar-refractivity contribution is 7.18. The highest BCUT2D eigenvalue weighted by atomic mass is 35.5. The fourth-order valence-electron chi connectivity index (χ4n) is 3.82. The van der Waals surface area contributed by atoms with Crippen LogP contribution in [0.2, 0.25) is 4.34 Å². The molecule has 4 rings (SSSR count). The molecule has 6 nitrogen and oxygen atoms in total. The molecule has 1 aliphatic heterocycles. The van der Waals surface area contributed by atoms with E-state index in [-0.39, 0.29) is 24.3 Å². The van der Waals surface area contributed by atoms with Gasteiger partial charge in [0, 0.05) is 19.5 Å². The van der Waals surface area contributed by atoms with Gasteiger partial charge in [0.1, 0.15) is 11.8 Å². The SMILES string of the molecule is CN1CCc2ccccc2C(NC(=O)[C@@H](Cc2ccco2)NC(=O)c2ccc(Cl)s2)C1. The second kappa shape index (κ2) is 9.68. The van der Waals surface area contributed by atoms with E-state index in [2.05, 4.69) is 27.7 Å². The number of rotatable bonds is 6. The molecule has 8 heteroatoms. The van der Waals surface area contributed by atoms with Crippen LogP contribution in [0.4, 0.5) is 0 Å². The summed E-state index contributed by atoms with van der Waals surface area (Å²) in [6.45, 7) is 1.62. The lowest BCUT2D eigenvalue weighted by molar-refractivity contribution is -0.123. The normalized spacial score (nSPS) is 17.4. The van der Waals surface area contributed by atoms with Gasteiger partial charge < -0.3 is 20.0 Å². The Kier molecular flexibility index (Phi) is 6.75. The molecule has 1 unspecified atom stereocenters. The largest absolute Gasteiger partial charge is 0.469 e. The first kappa shape index (κ1) is 21.6. The Morgan fingerprint density at radius 3 is 2.81 bits per heavy atom. The predicted octanol–water partition coefficient (Wildman–Crippen LogP) is 3.68. The number of thiophene rings is 1. The number of nitrogens with zero attached hydrogens (tertiary/aromatic N) is 1. The van der Waals surface area contributed by atoms with Gasteiger partial charge in [0.05, 0.1) is 21.5 Å². The van der Waals surface area contributed by atoms with Gasteiger partial charge in [-0.05, 0) is 48.9 Å². The lowest BCUT2D eigenvalue weighted by Gasteiger charge is -2.25. The second-order valence-electron chi connectivity index (χ2n) is 7.69. The number of benzene rings is 1. The highest BCUT2D eigenvalue weighted by Crippen LogP contribution is 2.24. The number of furan rings is 1. The van der Waals surface area contributed by atoms with Gasteiger partial charge in [-0.1, -0.05) is 35.9 Å². The van der Waals surface area contributed by atoms with Crippen LogP contribution in [0.5, 0.6) is 0 Å². The average molecular weight is 458 g/mol. The summed E-state index contributed by atoms with van der Waals surface area (Å²) in [4.78, 5) is 28.7. The number of carbonyl (C=O) groups excluding carboxylic acids is 2. The van der Waals surface area contributed by atoms with E-state index >= 15 is 0 Å². The number of halogens is 1. The molecule has 3 aromatic rings. The van der Waals surface area contributed by atoms with Gasteiger partial charge in [-0.3, -0.25) is 9.59 Å². The van der Waals surface area contributed by atoms with E-state index in [9.17, 15) is 9.59 Å². The van der Waals surface area contributed by atoms with E-state index in [0.717, 1.165) is 18.5 Å². The summed E-state index contributed by atoms with van der Waals surface area (Å²) in [5.41, 5.74) is 2.35. The Balaban J connectivity index is 1.54. The maximum absolute atomic E-state index is 13.3. The smallest absolute Gasteiger partial charge is 0.262 e. The zero-order chi connectivity index (χ0) is 21.8. The number of fused-ring (bicyclic) bond motifs is 1. The average Bonchev–Trinajstić information content (AvgIpc) is 3.40. The summed E-state index contributed by atoms with van der Waals surface area (Å²) in [6, 6.07) is 14.1. The molecule has 2 amide bonds. The van der Waals surface area contributed by atoms with Crippen LogP contribution in [0.25, 0.3) is 0 Å². The number of likely N-dealkylation sites (N-methyl/N-ethyl adjacent to an activating group) is 1. The third-order valence-electron chi connectivity index (χ3n) is 5.41. The minimum Gasteiger partial charge on any atom is -0.469 e. The Morgan fingerprint density at radius 2 is 2.06 bits per heavy atom. The van der Waals surface area contributed by atoms with Crippen molar-refractivity contribution in [1.29, 1.82) is 0 Å². The summed E-state index contributed by atoms with van der Waals surface area (Å²) < 4.78 is 5.95. The minimum absolute atomic E-state index is 0.164. The summed E-state index contributed by atoms with van der Waals surface area (Å²) in [7, 11) is 2.05. The summed E-state index contributed by atoms with van der Waals surface area (Å²) in [5.74, 6) is 0.0487. The van der Waals surface area contributed by atoms with Gasteiger partial charge >= 0.3 is 0 Å². The summed E-state index contributed by atoms with van der Waals surface area (Å²) >= 11 is 7.14. The number of hydrogen-bond acceptors (Lipinski definition) is 5. The number of amides is 2. The van der Waals surface area contributed by atoms with Crippen LogP contribution < -0.4 is 10.6 Å². The lowest BCUT2D eigenvalue weighted by Crippen LogP contribution is -2.49. The van der Waals surface area contributed by atoms with Crippen LogP contribution in [-0.2, 0) is 17.6 Å². The molecule has 1 aliphatic rings. The Bertz CT molecular complexity index is 1050. The molecule has 162 valence electrons. The third-order valence-corrected chi connectivity index (χ3v) is 6.64. The first-order chi connectivity index (χ1) is 15.0. The van der Waals surface area contributed by atoms with Crippen LogP contribution in [0.1, 0.15) is 32.6 Å². The van der Waals surface area contributed by atoms with Gasteiger partial charge in [-0.2, -0.15) is 0 Å². The zero-order valence-electron chi connectivity index (χ0n) is 17.1. The lowest BCUT2D eigenvalue weighted by atomic mass is 9.99. The van der Waals surface area contributed by atoms with Gasteiger partial charge in [-0.15, -0.1) is 11.3 Å². The fraction of sp³-hybridized carbons (Fsp3) is 0.304. The van der Waals surface area contributed by atoms with Crippen LogP contribution in [0, 0.1) is 0 Å².